The van der Waals surface area contributed by atoms with Crippen molar-refractivity contribution >= 4 is 30.7 Å². The van der Waals surface area contributed by atoms with E-state index in [1.807, 2.05) is 49.3 Å². The summed E-state index contributed by atoms with van der Waals surface area (Å²) in [6, 6.07) is 9.95. The van der Waals surface area contributed by atoms with Crippen molar-refractivity contribution in [3.63, 3.8) is 0 Å². The molecule has 4 nitrogen and oxygen atoms in total. The molecular weight excluding hydrogens is 297 g/mol. The summed E-state index contributed by atoms with van der Waals surface area (Å²) in [6.45, 7) is 1.86. The molecule has 114 valence electrons. The third-order valence-electron chi connectivity index (χ3n) is 3.29. The van der Waals surface area contributed by atoms with Gasteiger partial charge in [-0.25, -0.2) is 0 Å². The first kappa shape index (κ1) is 19.2. The van der Waals surface area contributed by atoms with Crippen LogP contribution in [-0.2, 0) is 4.79 Å². The maximum Gasteiger partial charge on any atom is 0.242 e. The zero-order valence-corrected chi connectivity index (χ0v) is 13.5. The molecule has 20 heavy (non-hydrogen) atoms. The van der Waals surface area contributed by atoms with E-state index in [1.165, 1.54) is 0 Å². The first-order valence-electron chi connectivity index (χ1n) is 6.41. The van der Waals surface area contributed by atoms with E-state index in [1.54, 1.807) is 0 Å². The third kappa shape index (κ3) is 4.94. The van der Waals surface area contributed by atoms with Crippen molar-refractivity contribution < 1.29 is 4.79 Å². The number of amides is 1. The minimum atomic E-state index is -0.216. The lowest BCUT2D eigenvalue weighted by atomic mass is 10.0. The van der Waals surface area contributed by atoms with Gasteiger partial charge in [0.05, 0.1) is 0 Å². The average Bonchev–Trinajstić information content (AvgIpc) is 2.83. The second kappa shape index (κ2) is 9.19. The highest BCUT2D eigenvalue weighted by Gasteiger charge is 2.25. The summed E-state index contributed by atoms with van der Waals surface area (Å²) in [4.78, 5) is 14.3. The molecule has 1 heterocycles. The minimum absolute atomic E-state index is 0. The number of nitrogens with zero attached hydrogens (tertiary/aromatic N) is 1. The first-order chi connectivity index (χ1) is 8.68. The Kier molecular flexibility index (Phi) is 8.81. The lowest BCUT2D eigenvalue weighted by Gasteiger charge is -2.25. The molecule has 0 aliphatic carbocycles. The predicted octanol–water partition coefficient (Wildman–Crippen LogP) is 1.61. The van der Waals surface area contributed by atoms with Gasteiger partial charge in [0.15, 0.2) is 0 Å². The average molecular weight is 320 g/mol. The van der Waals surface area contributed by atoms with E-state index in [9.17, 15) is 4.79 Å². The molecule has 1 fully saturated rings. The van der Waals surface area contributed by atoms with Crippen LogP contribution in [0.15, 0.2) is 30.3 Å². The predicted molar refractivity (Wildman–Crippen MR) is 86.8 cm³/mol. The molecule has 1 aromatic carbocycles. The fourth-order valence-electron chi connectivity index (χ4n) is 2.38. The first-order valence-corrected chi connectivity index (χ1v) is 6.41. The van der Waals surface area contributed by atoms with Crippen molar-refractivity contribution in [3.8, 4) is 0 Å². The van der Waals surface area contributed by atoms with Crippen LogP contribution < -0.4 is 10.6 Å². The summed E-state index contributed by atoms with van der Waals surface area (Å²) in [6.07, 6.45) is 1.01. The van der Waals surface area contributed by atoms with Crippen LogP contribution in [0.3, 0.4) is 0 Å². The summed E-state index contributed by atoms with van der Waals surface area (Å²) in [7, 11) is 3.87. The molecule has 0 aromatic heterocycles. The Hall–Kier alpha value is -0.810. The quantitative estimate of drug-likeness (QED) is 0.886. The van der Waals surface area contributed by atoms with Gasteiger partial charge < -0.3 is 10.6 Å². The van der Waals surface area contributed by atoms with Crippen LogP contribution in [0, 0.1) is 0 Å². The molecular formula is C14H23Cl2N3O. The van der Waals surface area contributed by atoms with E-state index in [-0.39, 0.29) is 42.8 Å². The fourth-order valence-corrected chi connectivity index (χ4v) is 2.38. The van der Waals surface area contributed by atoms with E-state index >= 15 is 0 Å². The SMILES string of the molecule is CN(C)C(C(=O)NC1CCNC1)c1ccccc1.Cl.Cl. The fraction of sp³-hybridized carbons (Fsp3) is 0.500. The number of carbonyl (C=O) groups is 1. The smallest absolute Gasteiger partial charge is 0.242 e. The number of hydrogen-bond donors (Lipinski definition) is 2. The maximum absolute atomic E-state index is 12.4. The number of nitrogens with one attached hydrogen (secondary N) is 2. The van der Waals surface area contributed by atoms with Gasteiger partial charge in [-0.05, 0) is 32.6 Å². The van der Waals surface area contributed by atoms with Gasteiger partial charge in [-0.15, -0.1) is 24.8 Å². The lowest BCUT2D eigenvalue weighted by Crippen LogP contribution is -2.43. The molecule has 2 rings (SSSR count). The van der Waals surface area contributed by atoms with Gasteiger partial charge in [-0.3, -0.25) is 9.69 Å². The van der Waals surface area contributed by atoms with Crippen molar-refractivity contribution in [2.75, 3.05) is 27.2 Å². The Labute approximate surface area is 133 Å². The Morgan fingerprint density at radius 1 is 1.30 bits per heavy atom. The molecule has 6 heteroatoms. The normalized spacial score (nSPS) is 18.9. The van der Waals surface area contributed by atoms with Crippen molar-refractivity contribution in [3.05, 3.63) is 35.9 Å². The summed E-state index contributed by atoms with van der Waals surface area (Å²) >= 11 is 0. The van der Waals surface area contributed by atoms with Crippen LogP contribution in [0.5, 0.6) is 0 Å². The molecule has 0 saturated carbocycles. The zero-order chi connectivity index (χ0) is 13.0. The summed E-state index contributed by atoms with van der Waals surface area (Å²) in [5.41, 5.74) is 1.03. The Bertz CT molecular complexity index is 395. The van der Waals surface area contributed by atoms with Gasteiger partial charge in [0, 0.05) is 12.6 Å². The van der Waals surface area contributed by atoms with Crippen molar-refractivity contribution in [1.82, 2.24) is 15.5 Å². The summed E-state index contributed by atoms with van der Waals surface area (Å²) in [5.74, 6) is 0.0832. The van der Waals surface area contributed by atoms with E-state index < -0.39 is 0 Å². The number of carbonyl (C=O) groups excluding carboxylic acids is 1. The molecule has 2 N–H and O–H groups in total. The molecule has 1 amide bonds. The van der Waals surface area contributed by atoms with Gasteiger partial charge in [0.2, 0.25) is 5.91 Å². The molecule has 0 bridgehead atoms. The van der Waals surface area contributed by atoms with E-state index in [4.69, 9.17) is 0 Å². The molecule has 2 unspecified atom stereocenters. The van der Waals surface area contributed by atoms with E-state index in [0.29, 0.717) is 0 Å². The van der Waals surface area contributed by atoms with E-state index in [0.717, 1.165) is 25.1 Å². The topological polar surface area (TPSA) is 44.4 Å². The Morgan fingerprint density at radius 3 is 2.45 bits per heavy atom. The van der Waals surface area contributed by atoms with Gasteiger partial charge >= 0.3 is 0 Å². The molecule has 2 atom stereocenters. The molecule has 0 spiro atoms. The highest BCUT2D eigenvalue weighted by Crippen LogP contribution is 2.18. The molecule has 1 aliphatic heterocycles. The van der Waals surface area contributed by atoms with Crippen molar-refractivity contribution in [2.24, 2.45) is 0 Å². The largest absolute Gasteiger partial charge is 0.350 e. The zero-order valence-electron chi connectivity index (χ0n) is 11.8. The van der Waals surface area contributed by atoms with Crippen LogP contribution in [0.2, 0.25) is 0 Å². The molecule has 1 aromatic rings. The van der Waals surface area contributed by atoms with Crippen LogP contribution in [-0.4, -0.2) is 44.0 Å². The third-order valence-corrected chi connectivity index (χ3v) is 3.29. The second-order valence-electron chi connectivity index (χ2n) is 4.98. The van der Waals surface area contributed by atoms with Crippen LogP contribution in [0.4, 0.5) is 0 Å². The number of hydrogen-bond acceptors (Lipinski definition) is 3. The highest BCUT2D eigenvalue weighted by molar-refractivity contribution is 5.85. The van der Waals surface area contributed by atoms with Gasteiger partial charge in [-0.1, -0.05) is 30.3 Å². The molecule has 0 radical (unpaired) electrons. The van der Waals surface area contributed by atoms with Crippen LogP contribution >= 0.6 is 24.8 Å². The maximum atomic E-state index is 12.4. The standard InChI is InChI=1S/C14H21N3O.2ClH/c1-17(2)13(11-6-4-3-5-7-11)14(18)16-12-8-9-15-10-12;;/h3-7,12-13,15H,8-10H2,1-2H3,(H,16,18);2*1H. The van der Waals surface area contributed by atoms with Crippen molar-refractivity contribution in [2.45, 2.75) is 18.5 Å². The van der Waals surface area contributed by atoms with Crippen molar-refractivity contribution in [1.29, 1.82) is 0 Å². The van der Waals surface area contributed by atoms with Gasteiger partial charge in [0.1, 0.15) is 6.04 Å². The van der Waals surface area contributed by atoms with Gasteiger partial charge in [-0.2, -0.15) is 0 Å². The number of benzene rings is 1. The van der Waals surface area contributed by atoms with Crippen LogP contribution in [0.25, 0.3) is 0 Å². The molecule has 1 saturated heterocycles. The number of likely N-dealkylation sites (N-methyl/N-ethyl adjacent to an activating group) is 1. The highest BCUT2D eigenvalue weighted by atomic mass is 35.5. The Balaban J connectivity index is 0.00000180. The number of rotatable bonds is 4. The minimum Gasteiger partial charge on any atom is -0.350 e. The summed E-state index contributed by atoms with van der Waals surface area (Å²) in [5, 5.41) is 6.37. The van der Waals surface area contributed by atoms with E-state index in [2.05, 4.69) is 10.6 Å². The lowest BCUT2D eigenvalue weighted by molar-refractivity contribution is -0.126. The monoisotopic (exact) mass is 319 g/mol. The number of halogens is 2. The van der Waals surface area contributed by atoms with Gasteiger partial charge in [0.25, 0.3) is 0 Å². The Morgan fingerprint density at radius 2 is 1.95 bits per heavy atom. The molecule has 1 aliphatic rings. The summed E-state index contributed by atoms with van der Waals surface area (Å²) < 4.78 is 0. The van der Waals surface area contributed by atoms with Crippen LogP contribution in [0.1, 0.15) is 18.0 Å². The second-order valence-corrected chi connectivity index (χ2v) is 4.98.